The van der Waals surface area contributed by atoms with Gasteiger partial charge < -0.3 is 30.8 Å². The van der Waals surface area contributed by atoms with Crippen molar-refractivity contribution in [3.8, 4) is 0 Å². The molecule has 8 atom stereocenters. The van der Waals surface area contributed by atoms with Crippen LogP contribution in [0.2, 0.25) is 0 Å². The normalized spacial score (nSPS) is 35.0. The van der Waals surface area contributed by atoms with Gasteiger partial charge in [0.25, 0.3) is 17.5 Å². The van der Waals surface area contributed by atoms with Crippen molar-refractivity contribution in [1.82, 2.24) is 31.2 Å². The number of aliphatic hydroxyl groups is 2. The first-order chi connectivity index (χ1) is 19.3. The first kappa shape index (κ1) is 28.9. The van der Waals surface area contributed by atoms with E-state index in [0.717, 1.165) is 0 Å². The predicted octanol–water partition coefficient (Wildman–Crippen LogP) is -4.12. The Labute approximate surface area is 265 Å². The summed E-state index contributed by atoms with van der Waals surface area (Å²) >= 11 is 13.4. The van der Waals surface area contributed by atoms with Gasteiger partial charge in [-0.3, -0.25) is 31.1 Å². The Bertz CT molecular complexity index is 1460. The first-order valence-electron chi connectivity index (χ1n) is 12.4. The van der Waals surface area contributed by atoms with Gasteiger partial charge >= 0.3 is 11.9 Å². The lowest BCUT2D eigenvalue weighted by molar-refractivity contribution is -0.662. The van der Waals surface area contributed by atoms with Crippen LogP contribution in [-0.4, -0.2) is 86.8 Å². The van der Waals surface area contributed by atoms with Crippen LogP contribution in [0.5, 0.6) is 0 Å². The van der Waals surface area contributed by atoms with E-state index in [1.807, 2.05) is 0 Å². The highest BCUT2D eigenvalue weighted by atomic mass is 79.9. The van der Waals surface area contributed by atoms with Gasteiger partial charge in [-0.15, -0.1) is 0 Å². The number of hydrogen-bond donors (Lipinski definition) is 12. The van der Waals surface area contributed by atoms with Gasteiger partial charge in [0.05, 0.1) is 24.1 Å². The molecule has 220 valence electrons. The smallest absolute Gasteiger partial charge is 0.345 e. The Morgan fingerprint density at radius 3 is 1.95 bits per heavy atom. The largest absolute Gasteiger partial charge is 0.389 e. The molecule has 1 spiro atoms. The number of H-pyrrole nitrogens is 2. The van der Waals surface area contributed by atoms with E-state index >= 15 is 0 Å². The molecule has 2 fully saturated rings. The number of carbonyl (C=O) groups is 2. The SMILES string of the molecule is NC1=[NH+]C2O[C@H]3[NH+]=C(N)N[C@@]3(O)[C@H]3[C@H](CNC(=O)c4cc(Br)c(Br)[nH]4)[C@@H](CNC(=O)c4cc(Br)c(Br)[nH]4)[C@H](O)[C@]23N1. The number of rotatable bonds is 6. The molecular weight excluding hydrogens is 804 g/mol. The standard InChI is InChI=1S/C22H24Br4N10O5/c23-7-1-9(31-13(7)25)15(38)29-3-5-6(4-30-16(39)10-2-8(24)14(26)32-10)12(37)21-11(5)22(40)18(34-20(28)36-22)41-17(21)33-19(27)35-21/h1-2,5-6,11-12,17-18,31-32,37,40H,3-4H2,(H,29,38)(H,30,39)(H3,27,33,35)(H3,28,34,36)/p+2/t5-,6-,11+,12+,17?,18-,21+,22-/m1/s1. The van der Waals surface area contributed by atoms with E-state index in [1.54, 1.807) is 12.1 Å². The van der Waals surface area contributed by atoms with Crippen molar-refractivity contribution in [1.29, 1.82) is 0 Å². The van der Waals surface area contributed by atoms with E-state index in [9.17, 15) is 19.8 Å². The topological polar surface area (TPSA) is 244 Å². The maximum Gasteiger partial charge on any atom is 0.345 e. The number of nitrogens with two attached hydrogens (primary N) is 2. The summed E-state index contributed by atoms with van der Waals surface area (Å²) in [4.78, 5) is 37.9. The fourth-order valence-corrected chi connectivity index (χ4v) is 7.87. The van der Waals surface area contributed by atoms with Crippen LogP contribution in [0.15, 0.2) is 30.3 Å². The number of aliphatic hydroxyl groups excluding tert-OH is 1. The number of hydrogen-bond acceptors (Lipinski definition) is 9. The van der Waals surface area contributed by atoms with E-state index in [4.69, 9.17) is 16.2 Å². The Hall–Kier alpha value is -2.16. The van der Waals surface area contributed by atoms with Crippen molar-refractivity contribution in [2.75, 3.05) is 13.1 Å². The lowest BCUT2D eigenvalue weighted by Crippen LogP contribution is -2.93. The predicted molar refractivity (Wildman–Crippen MR) is 156 cm³/mol. The van der Waals surface area contributed by atoms with E-state index < -0.39 is 59.4 Å². The van der Waals surface area contributed by atoms with Gasteiger partial charge in [-0.1, -0.05) is 0 Å². The van der Waals surface area contributed by atoms with Crippen molar-refractivity contribution >= 4 is 87.5 Å². The lowest BCUT2D eigenvalue weighted by atomic mass is 9.71. The van der Waals surface area contributed by atoms with Gasteiger partial charge in [0.2, 0.25) is 12.5 Å². The summed E-state index contributed by atoms with van der Waals surface area (Å²) in [6.45, 7) is 0.00986. The molecule has 2 aromatic rings. The molecule has 0 aromatic carbocycles. The second-order valence-electron chi connectivity index (χ2n) is 10.4. The number of aromatic amines is 2. The molecule has 14 N–H and O–H groups in total. The van der Waals surface area contributed by atoms with Gasteiger partial charge in [-0.2, -0.15) is 0 Å². The molecule has 2 aromatic heterocycles. The van der Waals surface area contributed by atoms with Crippen LogP contribution in [0, 0.1) is 17.8 Å². The summed E-state index contributed by atoms with van der Waals surface area (Å²) in [6.07, 6.45) is -3.09. The highest BCUT2D eigenvalue weighted by Crippen LogP contribution is 2.53. The number of fused-ring (bicyclic) bond motifs is 2. The molecule has 19 heteroatoms. The zero-order valence-electron chi connectivity index (χ0n) is 20.8. The Morgan fingerprint density at radius 2 is 1.41 bits per heavy atom. The van der Waals surface area contributed by atoms with E-state index in [1.165, 1.54) is 0 Å². The van der Waals surface area contributed by atoms with Gasteiger partial charge in [0.1, 0.15) is 17.5 Å². The number of halogens is 4. The zero-order valence-corrected chi connectivity index (χ0v) is 27.2. The Balaban J connectivity index is 1.34. The number of amides is 2. The molecule has 1 aliphatic carbocycles. The minimum Gasteiger partial charge on any atom is -0.389 e. The van der Waals surface area contributed by atoms with Gasteiger partial charge in [0.15, 0.2) is 5.54 Å². The number of ether oxygens (including phenoxy) is 1. The molecule has 6 rings (SSSR count). The summed E-state index contributed by atoms with van der Waals surface area (Å²) < 4.78 is 8.65. The number of aromatic nitrogens is 2. The summed E-state index contributed by atoms with van der Waals surface area (Å²) in [6, 6.07) is 3.24. The molecule has 41 heavy (non-hydrogen) atoms. The van der Waals surface area contributed by atoms with Crippen LogP contribution in [0.3, 0.4) is 0 Å². The number of nitrogens with one attached hydrogen (secondary N) is 8. The molecule has 0 bridgehead atoms. The summed E-state index contributed by atoms with van der Waals surface area (Å²) in [5.41, 5.74) is 9.57. The van der Waals surface area contributed by atoms with E-state index in [0.29, 0.717) is 29.5 Å². The quantitative estimate of drug-likeness (QED) is 0.135. The molecule has 1 saturated heterocycles. The second kappa shape index (κ2) is 10.2. The van der Waals surface area contributed by atoms with Crippen molar-refractivity contribution in [2.24, 2.45) is 29.2 Å². The fourth-order valence-electron chi connectivity index (χ4n) is 6.56. The van der Waals surface area contributed by atoms with E-state index in [-0.39, 0.29) is 25.0 Å². The summed E-state index contributed by atoms with van der Waals surface area (Å²) in [5, 5.41) is 35.8. The highest BCUT2D eigenvalue weighted by molar-refractivity contribution is 9.13. The van der Waals surface area contributed by atoms with Gasteiger partial charge in [-0.05, 0) is 81.8 Å². The summed E-state index contributed by atoms with van der Waals surface area (Å²) in [5.74, 6) is -2.74. The van der Waals surface area contributed by atoms with Crippen molar-refractivity contribution in [3.63, 3.8) is 0 Å². The number of guanidine groups is 2. The second-order valence-corrected chi connectivity index (χ2v) is 13.7. The average Bonchev–Trinajstić information content (AvgIpc) is 3.66. The third kappa shape index (κ3) is 4.51. The molecule has 3 aliphatic heterocycles. The van der Waals surface area contributed by atoms with Crippen LogP contribution < -0.4 is 42.7 Å². The van der Waals surface area contributed by atoms with Crippen LogP contribution in [0.1, 0.15) is 21.0 Å². The molecule has 4 aliphatic rings. The van der Waals surface area contributed by atoms with Crippen molar-refractivity contribution in [2.45, 2.75) is 29.8 Å². The van der Waals surface area contributed by atoms with Crippen molar-refractivity contribution in [3.05, 3.63) is 41.7 Å². The summed E-state index contributed by atoms with van der Waals surface area (Å²) in [7, 11) is 0. The van der Waals surface area contributed by atoms with Crippen LogP contribution >= 0.6 is 63.7 Å². The van der Waals surface area contributed by atoms with Crippen LogP contribution in [0.25, 0.3) is 0 Å². The minimum atomic E-state index is -1.82. The third-order valence-electron chi connectivity index (χ3n) is 8.16. The monoisotopic (exact) mass is 826 g/mol. The Kier molecular flexibility index (Phi) is 7.22. The minimum absolute atomic E-state index is 0.00563. The van der Waals surface area contributed by atoms with E-state index in [2.05, 4.69) is 105 Å². The molecule has 5 heterocycles. The molecule has 0 radical (unpaired) electrons. The molecule has 2 amide bonds. The maximum atomic E-state index is 13.1. The highest BCUT2D eigenvalue weighted by Gasteiger charge is 2.80. The van der Waals surface area contributed by atoms with Crippen molar-refractivity contribution < 1.29 is 34.5 Å². The lowest BCUT2D eigenvalue weighted by Gasteiger charge is -2.47. The zero-order chi connectivity index (χ0) is 29.4. The molecule has 1 unspecified atom stereocenters. The van der Waals surface area contributed by atoms with Crippen LogP contribution in [0.4, 0.5) is 0 Å². The van der Waals surface area contributed by atoms with Gasteiger partial charge in [-0.25, -0.2) is 15.3 Å². The average molecular weight is 830 g/mol. The number of carbonyl (C=O) groups excluding carboxylic acids is 2. The Morgan fingerprint density at radius 1 is 0.902 bits per heavy atom. The molecule has 1 saturated carbocycles. The maximum absolute atomic E-state index is 13.1. The van der Waals surface area contributed by atoms with Gasteiger partial charge in [0, 0.05) is 19.0 Å². The van der Waals surface area contributed by atoms with Crippen LogP contribution in [-0.2, 0) is 4.74 Å². The first-order valence-corrected chi connectivity index (χ1v) is 15.6. The third-order valence-corrected chi connectivity index (χ3v) is 11.7. The molecular formula is C22H26Br4N10O5+2. The molecule has 15 nitrogen and oxygen atoms in total. The fraction of sp³-hybridized carbons (Fsp3) is 0.455.